The van der Waals surface area contributed by atoms with E-state index in [0.29, 0.717) is 32.6 Å². The number of furan rings is 1. The van der Waals surface area contributed by atoms with E-state index in [-0.39, 0.29) is 11.7 Å². The van der Waals surface area contributed by atoms with Gasteiger partial charge in [-0.05, 0) is 85.5 Å². The summed E-state index contributed by atoms with van der Waals surface area (Å²) in [5, 5.41) is 13.2. The number of aromatic nitrogens is 3. The molecule has 36 heavy (non-hydrogen) atoms. The number of nitrogens with one attached hydrogen (secondary N) is 1. The quantitative estimate of drug-likeness (QED) is 0.237. The van der Waals surface area contributed by atoms with Crippen LogP contribution in [0.4, 0.5) is 5.69 Å². The number of carbonyl (C=O) groups is 1. The molecule has 0 radical (unpaired) electrons. The third-order valence-electron chi connectivity index (χ3n) is 5.98. The summed E-state index contributed by atoms with van der Waals surface area (Å²) in [6, 6.07) is 20.4. The van der Waals surface area contributed by atoms with Crippen molar-refractivity contribution in [1.82, 2.24) is 15.0 Å². The molecular formula is C28H24Cl2N4O2. The van der Waals surface area contributed by atoms with Crippen LogP contribution in [0.5, 0.6) is 0 Å². The van der Waals surface area contributed by atoms with Crippen molar-refractivity contribution in [3.63, 3.8) is 0 Å². The van der Waals surface area contributed by atoms with Crippen LogP contribution in [0.15, 0.2) is 71.1 Å². The highest BCUT2D eigenvalue weighted by Gasteiger charge is 2.17. The van der Waals surface area contributed by atoms with Crippen LogP contribution in [0.25, 0.3) is 28.0 Å². The van der Waals surface area contributed by atoms with Crippen molar-refractivity contribution in [3.05, 3.63) is 93.7 Å². The first kappa shape index (κ1) is 24.1. The molecule has 3 aromatic carbocycles. The van der Waals surface area contributed by atoms with E-state index in [1.54, 1.807) is 35.1 Å². The molecule has 0 saturated heterocycles. The lowest BCUT2D eigenvalue weighted by molar-refractivity contribution is 0.0997. The van der Waals surface area contributed by atoms with E-state index in [9.17, 15) is 4.79 Å². The van der Waals surface area contributed by atoms with Gasteiger partial charge in [0, 0.05) is 16.3 Å². The highest BCUT2D eigenvalue weighted by atomic mass is 35.5. The molecule has 0 spiro atoms. The molecule has 5 rings (SSSR count). The second kappa shape index (κ2) is 10.2. The van der Waals surface area contributed by atoms with Gasteiger partial charge in [0.15, 0.2) is 5.76 Å². The standard InChI is InChI=1S/C28H24Cl2N4O2/c1-3-4-5-18-6-9-20(10-7-18)34-32-24-14-17(2)23(16-25(24)33-34)31-28(35)27-13-12-26(36-27)21-15-19(29)8-11-22(21)30/h6-16H,3-5H2,1-2H3,(H,31,35). The largest absolute Gasteiger partial charge is 0.451 e. The molecule has 182 valence electrons. The molecule has 0 aliphatic carbocycles. The first-order valence-electron chi connectivity index (χ1n) is 11.7. The SMILES string of the molecule is CCCCc1ccc(-n2nc3cc(C)c(NC(=O)c4ccc(-c5cc(Cl)ccc5Cl)o4)cc3n2)cc1. The third-order valence-corrected chi connectivity index (χ3v) is 6.55. The molecule has 1 amide bonds. The molecule has 6 nitrogen and oxygen atoms in total. The molecule has 1 N–H and O–H groups in total. The van der Waals surface area contributed by atoms with Crippen molar-refractivity contribution >= 4 is 45.8 Å². The summed E-state index contributed by atoms with van der Waals surface area (Å²) in [5.41, 5.74) is 5.73. The predicted molar refractivity (Wildman–Crippen MR) is 144 cm³/mol. The fourth-order valence-electron chi connectivity index (χ4n) is 3.97. The van der Waals surface area contributed by atoms with Crippen LogP contribution in [0.1, 0.15) is 41.4 Å². The molecule has 8 heteroatoms. The number of hydrogen-bond donors (Lipinski definition) is 1. The zero-order valence-corrected chi connectivity index (χ0v) is 21.4. The molecule has 0 fully saturated rings. The molecule has 0 unspecified atom stereocenters. The Morgan fingerprint density at radius 2 is 1.72 bits per heavy atom. The lowest BCUT2D eigenvalue weighted by Crippen LogP contribution is -2.11. The van der Waals surface area contributed by atoms with E-state index in [1.165, 1.54) is 18.4 Å². The lowest BCUT2D eigenvalue weighted by atomic mass is 10.1. The van der Waals surface area contributed by atoms with Gasteiger partial charge >= 0.3 is 0 Å². The highest BCUT2D eigenvalue weighted by Crippen LogP contribution is 2.32. The first-order chi connectivity index (χ1) is 17.4. The van der Waals surface area contributed by atoms with Gasteiger partial charge in [-0.25, -0.2) is 0 Å². The van der Waals surface area contributed by atoms with Gasteiger partial charge < -0.3 is 9.73 Å². The van der Waals surface area contributed by atoms with Crippen molar-refractivity contribution < 1.29 is 9.21 Å². The summed E-state index contributed by atoms with van der Waals surface area (Å²) < 4.78 is 5.78. The van der Waals surface area contributed by atoms with Crippen LogP contribution < -0.4 is 5.32 Å². The number of carbonyl (C=O) groups excluding carboxylic acids is 1. The molecule has 2 heterocycles. The summed E-state index contributed by atoms with van der Waals surface area (Å²) in [5.74, 6) is 0.243. The van der Waals surface area contributed by atoms with Gasteiger partial charge in [-0.15, -0.1) is 10.2 Å². The number of anilines is 1. The number of halogens is 2. The van der Waals surface area contributed by atoms with Crippen LogP contribution >= 0.6 is 23.2 Å². The second-order valence-electron chi connectivity index (χ2n) is 8.66. The van der Waals surface area contributed by atoms with Gasteiger partial charge in [0.05, 0.1) is 10.7 Å². The molecular weight excluding hydrogens is 495 g/mol. The van der Waals surface area contributed by atoms with Crippen molar-refractivity contribution in [3.8, 4) is 17.0 Å². The average Bonchev–Trinajstić information content (AvgIpc) is 3.52. The summed E-state index contributed by atoms with van der Waals surface area (Å²) in [6.07, 6.45) is 3.41. The van der Waals surface area contributed by atoms with Crippen LogP contribution in [-0.4, -0.2) is 20.9 Å². The van der Waals surface area contributed by atoms with Gasteiger partial charge in [-0.3, -0.25) is 4.79 Å². The summed E-state index contributed by atoms with van der Waals surface area (Å²) in [6.45, 7) is 4.10. The summed E-state index contributed by atoms with van der Waals surface area (Å²) in [4.78, 5) is 14.5. The number of benzene rings is 3. The molecule has 0 aliphatic rings. The number of nitrogens with zero attached hydrogens (tertiary/aromatic N) is 3. The Bertz CT molecular complexity index is 1550. The smallest absolute Gasteiger partial charge is 0.291 e. The maximum absolute atomic E-state index is 12.9. The fourth-order valence-corrected chi connectivity index (χ4v) is 4.35. The zero-order valence-electron chi connectivity index (χ0n) is 19.9. The van der Waals surface area contributed by atoms with Crippen molar-refractivity contribution in [2.45, 2.75) is 33.1 Å². The minimum Gasteiger partial charge on any atom is -0.451 e. The fraction of sp³-hybridized carbons (Fsp3) is 0.179. The molecule has 0 aliphatic heterocycles. The van der Waals surface area contributed by atoms with Crippen molar-refractivity contribution in [2.75, 3.05) is 5.32 Å². The van der Waals surface area contributed by atoms with Gasteiger partial charge in [0.2, 0.25) is 0 Å². The van der Waals surface area contributed by atoms with E-state index < -0.39 is 0 Å². The molecule has 0 saturated carbocycles. The number of rotatable bonds is 7. The monoisotopic (exact) mass is 518 g/mol. The number of hydrogen-bond acceptors (Lipinski definition) is 4. The maximum atomic E-state index is 12.9. The van der Waals surface area contributed by atoms with E-state index in [0.717, 1.165) is 23.2 Å². The Labute approximate surface area is 218 Å². The average molecular weight is 519 g/mol. The predicted octanol–water partition coefficient (Wildman–Crippen LogP) is 7.89. The summed E-state index contributed by atoms with van der Waals surface area (Å²) >= 11 is 12.3. The van der Waals surface area contributed by atoms with Gasteiger partial charge in [0.25, 0.3) is 5.91 Å². The normalized spacial score (nSPS) is 11.2. The van der Waals surface area contributed by atoms with E-state index in [1.807, 2.05) is 31.2 Å². The number of fused-ring (bicyclic) bond motifs is 1. The van der Waals surface area contributed by atoms with Crippen LogP contribution in [0.3, 0.4) is 0 Å². The minimum absolute atomic E-state index is 0.160. The van der Waals surface area contributed by atoms with Crippen LogP contribution in [0.2, 0.25) is 10.0 Å². The number of unbranched alkanes of at least 4 members (excludes halogenated alkanes) is 1. The van der Waals surface area contributed by atoms with Crippen LogP contribution in [-0.2, 0) is 6.42 Å². The third kappa shape index (κ3) is 5.01. The number of amides is 1. The molecule has 2 aromatic heterocycles. The molecule has 0 atom stereocenters. The Hall–Kier alpha value is -3.61. The Balaban J connectivity index is 1.36. The van der Waals surface area contributed by atoms with Crippen molar-refractivity contribution in [1.29, 1.82) is 0 Å². The topological polar surface area (TPSA) is 73.0 Å². The van der Waals surface area contributed by atoms with Crippen molar-refractivity contribution in [2.24, 2.45) is 0 Å². The highest BCUT2D eigenvalue weighted by molar-refractivity contribution is 6.35. The van der Waals surface area contributed by atoms with Gasteiger partial charge in [-0.2, -0.15) is 4.80 Å². The van der Waals surface area contributed by atoms with Gasteiger partial charge in [0.1, 0.15) is 16.8 Å². The van der Waals surface area contributed by atoms with E-state index in [2.05, 4.69) is 34.6 Å². The zero-order chi connectivity index (χ0) is 25.2. The van der Waals surface area contributed by atoms with Gasteiger partial charge in [-0.1, -0.05) is 48.7 Å². The maximum Gasteiger partial charge on any atom is 0.291 e. The van der Waals surface area contributed by atoms with E-state index in [4.69, 9.17) is 27.6 Å². The van der Waals surface area contributed by atoms with E-state index >= 15 is 0 Å². The Kier molecular flexibility index (Phi) is 6.81. The molecule has 0 bridgehead atoms. The minimum atomic E-state index is -0.378. The Morgan fingerprint density at radius 3 is 2.47 bits per heavy atom. The second-order valence-corrected chi connectivity index (χ2v) is 9.50. The number of aryl methyl sites for hydroxylation is 2. The lowest BCUT2D eigenvalue weighted by Gasteiger charge is -2.07. The summed E-state index contributed by atoms with van der Waals surface area (Å²) in [7, 11) is 0. The van der Waals surface area contributed by atoms with Crippen LogP contribution in [0, 0.1) is 6.92 Å². The molecule has 5 aromatic rings. The Morgan fingerprint density at radius 1 is 0.972 bits per heavy atom. The first-order valence-corrected chi connectivity index (χ1v) is 12.5.